The Balaban J connectivity index is 2.41. The number of para-hydroxylation sites is 1. The van der Waals surface area contributed by atoms with Crippen molar-refractivity contribution in [3.8, 4) is 5.75 Å². The van der Waals surface area contributed by atoms with Gasteiger partial charge in [-0.25, -0.2) is 0 Å². The van der Waals surface area contributed by atoms with Crippen LogP contribution in [0.3, 0.4) is 0 Å². The van der Waals surface area contributed by atoms with Crippen LogP contribution in [-0.4, -0.2) is 6.61 Å². The van der Waals surface area contributed by atoms with Crippen molar-refractivity contribution in [3.63, 3.8) is 0 Å². The molecule has 0 radical (unpaired) electrons. The number of hydrogen-bond donors (Lipinski definition) is 1. The largest absolute Gasteiger partial charge is 0.493 e. The van der Waals surface area contributed by atoms with Gasteiger partial charge in [-0.05, 0) is 12.0 Å². The topological polar surface area (TPSA) is 35.2 Å². The molecule has 2 heteroatoms. The highest BCUT2D eigenvalue weighted by molar-refractivity contribution is 5.45. The second-order valence-electron chi connectivity index (χ2n) is 3.45. The average molecular weight is 177 g/mol. The van der Waals surface area contributed by atoms with Gasteiger partial charge in [0.1, 0.15) is 5.75 Å². The van der Waals surface area contributed by atoms with Crippen molar-refractivity contribution in [3.05, 3.63) is 29.3 Å². The molecule has 0 aliphatic carbocycles. The van der Waals surface area contributed by atoms with Gasteiger partial charge in [0.2, 0.25) is 0 Å². The number of benzene rings is 1. The Morgan fingerprint density at radius 1 is 1.54 bits per heavy atom. The Kier molecular flexibility index (Phi) is 2.23. The second kappa shape index (κ2) is 3.38. The maximum absolute atomic E-state index is 5.99. The lowest BCUT2D eigenvalue weighted by Gasteiger charge is -2.13. The molecule has 2 N–H and O–H groups in total. The van der Waals surface area contributed by atoms with Crippen molar-refractivity contribution >= 4 is 0 Å². The molecule has 1 aliphatic heterocycles. The monoisotopic (exact) mass is 177 g/mol. The first-order valence-electron chi connectivity index (χ1n) is 4.83. The molecule has 0 spiro atoms. The van der Waals surface area contributed by atoms with Crippen LogP contribution in [0.15, 0.2) is 18.2 Å². The van der Waals surface area contributed by atoms with Crippen LogP contribution >= 0.6 is 0 Å². The molecule has 0 unspecified atom stereocenters. The summed E-state index contributed by atoms with van der Waals surface area (Å²) in [5.74, 6) is 1.04. The van der Waals surface area contributed by atoms with Crippen molar-refractivity contribution in [1.29, 1.82) is 0 Å². The third kappa shape index (κ3) is 1.42. The fourth-order valence-electron chi connectivity index (χ4n) is 1.75. The third-order valence-corrected chi connectivity index (χ3v) is 2.58. The normalized spacial score (nSPS) is 16.5. The zero-order valence-corrected chi connectivity index (χ0v) is 7.92. The molecular formula is C11H15NO. The molecular weight excluding hydrogens is 162 g/mol. The van der Waals surface area contributed by atoms with Crippen molar-refractivity contribution in [2.24, 2.45) is 5.73 Å². The van der Waals surface area contributed by atoms with Gasteiger partial charge in [-0.1, -0.05) is 25.1 Å². The zero-order valence-electron chi connectivity index (χ0n) is 7.92. The van der Waals surface area contributed by atoms with Gasteiger partial charge in [-0.15, -0.1) is 0 Å². The Hall–Kier alpha value is -1.02. The standard InChI is InChI=1S/C11H15NO/c1-2-10(12)9-5-3-4-8-6-7-13-11(8)9/h3-5,10H,2,6-7,12H2,1H3/t10-/m0/s1. The first kappa shape index (κ1) is 8.57. The number of fused-ring (bicyclic) bond motifs is 1. The fraction of sp³-hybridized carbons (Fsp3) is 0.455. The number of ether oxygens (including phenoxy) is 1. The molecule has 1 aliphatic rings. The van der Waals surface area contributed by atoms with Gasteiger partial charge >= 0.3 is 0 Å². The second-order valence-corrected chi connectivity index (χ2v) is 3.45. The van der Waals surface area contributed by atoms with Gasteiger partial charge in [-0.3, -0.25) is 0 Å². The summed E-state index contributed by atoms with van der Waals surface area (Å²) in [6, 6.07) is 6.37. The molecule has 2 nitrogen and oxygen atoms in total. The lowest BCUT2D eigenvalue weighted by Crippen LogP contribution is -2.09. The minimum atomic E-state index is 0.119. The summed E-state index contributed by atoms with van der Waals surface area (Å²) >= 11 is 0. The van der Waals surface area contributed by atoms with E-state index in [4.69, 9.17) is 10.5 Å². The van der Waals surface area contributed by atoms with Gasteiger partial charge in [0.15, 0.2) is 0 Å². The van der Waals surface area contributed by atoms with E-state index in [1.807, 2.05) is 0 Å². The van der Waals surface area contributed by atoms with E-state index in [1.54, 1.807) is 0 Å². The highest BCUT2D eigenvalue weighted by Gasteiger charge is 2.18. The van der Waals surface area contributed by atoms with E-state index < -0.39 is 0 Å². The lowest BCUT2D eigenvalue weighted by atomic mass is 10.0. The van der Waals surface area contributed by atoms with E-state index in [2.05, 4.69) is 25.1 Å². The predicted octanol–water partition coefficient (Wildman–Crippen LogP) is 2.03. The Bertz CT molecular complexity index is 309. The van der Waals surface area contributed by atoms with Crippen LogP contribution in [0, 0.1) is 0 Å². The quantitative estimate of drug-likeness (QED) is 0.750. The average Bonchev–Trinajstić information content (AvgIpc) is 2.63. The Morgan fingerprint density at radius 3 is 3.15 bits per heavy atom. The molecule has 1 aromatic carbocycles. The van der Waals surface area contributed by atoms with E-state index in [0.29, 0.717) is 0 Å². The summed E-state index contributed by atoms with van der Waals surface area (Å²) in [5.41, 5.74) is 8.46. The van der Waals surface area contributed by atoms with Crippen LogP contribution in [0.2, 0.25) is 0 Å². The minimum absolute atomic E-state index is 0.119. The molecule has 1 atom stereocenters. The molecule has 1 aromatic rings. The first-order valence-corrected chi connectivity index (χ1v) is 4.83. The Morgan fingerprint density at radius 2 is 2.38 bits per heavy atom. The first-order chi connectivity index (χ1) is 6.33. The summed E-state index contributed by atoms with van der Waals surface area (Å²) < 4.78 is 5.57. The van der Waals surface area contributed by atoms with Crippen LogP contribution in [0.5, 0.6) is 5.75 Å². The number of hydrogen-bond acceptors (Lipinski definition) is 2. The predicted molar refractivity (Wildman–Crippen MR) is 52.9 cm³/mol. The van der Waals surface area contributed by atoms with Crippen molar-refractivity contribution in [1.82, 2.24) is 0 Å². The SMILES string of the molecule is CC[C@H](N)c1cccc2c1OCC2. The van der Waals surface area contributed by atoms with Gasteiger partial charge in [0.05, 0.1) is 6.61 Å². The van der Waals surface area contributed by atoms with E-state index in [0.717, 1.165) is 30.8 Å². The highest BCUT2D eigenvalue weighted by atomic mass is 16.5. The molecule has 0 saturated heterocycles. The highest BCUT2D eigenvalue weighted by Crippen LogP contribution is 2.33. The van der Waals surface area contributed by atoms with Crippen molar-refractivity contribution in [2.75, 3.05) is 6.61 Å². The van der Waals surface area contributed by atoms with E-state index in [9.17, 15) is 0 Å². The Labute approximate surface area is 78.7 Å². The van der Waals surface area contributed by atoms with Crippen LogP contribution in [0.25, 0.3) is 0 Å². The van der Waals surface area contributed by atoms with E-state index >= 15 is 0 Å². The smallest absolute Gasteiger partial charge is 0.127 e. The maximum atomic E-state index is 5.99. The molecule has 0 fully saturated rings. The van der Waals surface area contributed by atoms with Crippen LogP contribution < -0.4 is 10.5 Å². The molecule has 1 heterocycles. The summed E-state index contributed by atoms with van der Waals surface area (Å²) in [6.07, 6.45) is 1.99. The van der Waals surface area contributed by atoms with Crippen molar-refractivity contribution < 1.29 is 4.74 Å². The molecule has 2 rings (SSSR count). The molecule has 0 bridgehead atoms. The van der Waals surface area contributed by atoms with Gasteiger partial charge in [-0.2, -0.15) is 0 Å². The summed E-state index contributed by atoms with van der Waals surface area (Å²) in [7, 11) is 0. The van der Waals surface area contributed by atoms with Crippen molar-refractivity contribution in [2.45, 2.75) is 25.8 Å². The molecule has 0 amide bonds. The molecule has 13 heavy (non-hydrogen) atoms. The fourth-order valence-corrected chi connectivity index (χ4v) is 1.75. The summed E-state index contributed by atoms with van der Waals surface area (Å²) in [4.78, 5) is 0. The third-order valence-electron chi connectivity index (χ3n) is 2.58. The zero-order chi connectivity index (χ0) is 9.26. The summed E-state index contributed by atoms with van der Waals surface area (Å²) in [6.45, 7) is 2.90. The number of nitrogens with two attached hydrogens (primary N) is 1. The van der Waals surface area contributed by atoms with E-state index in [-0.39, 0.29) is 6.04 Å². The van der Waals surface area contributed by atoms with E-state index in [1.165, 1.54) is 5.56 Å². The van der Waals surface area contributed by atoms with Crippen LogP contribution in [-0.2, 0) is 6.42 Å². The van der Waals surface area contributed by atoms with Gasteiger partial charge < -0.3 is 10.5 Å². The van der Waals surface area contributed by atoms with Crippen LogP contribution in [0.1, 0.15) is 30.5 Å². The lowest BCUT2D eigenvalue weighted by molar-refractivity contribution is 0.351. The van der Waals surface area contributed by atoms with Gasteiger partial charge in [0, 0.05) is 18.0 Å². The van der Waals surface area contributed by atoms with Gasteiger partial charge in [0.25, 0.3) is 0 Å². The minimum Gasteiger partial charge on any atom is -0.493 e. The van der Waals surface area contributed by atoms with Crippen LogP contribution in [0.4, 0.5) is 0 Å². The maximum Gasteiger partial charge on any atom is 0.127 e. The molecule has 0 aromatic heterocycles. The summed E-state index contributed by atoms with van der Waals surface area (Å²) in [5, 5.41) is 0. The number of rotatable bonds is 2. The molecule has 70 valence electrons. The molecule has 0 saturated carbocycles.